The van der Waals surface area contributed by atoms with Crippen LogP contribution < -0.4 is 41.0 Å². The molecule has 0 bridgehead atoms. The third-order valence-electron chi connectivity index (χ3n) is 16.6. The highest BCUT2D eigenvalue weighted by molar-refractivity contribution is 6.00. The number of nitrogens with zero attached hydrogens (tertiary/aromatic N) is 2. The molecule has 2 amide bonds. The van der Waals surface area contributed by atoms with Gasteiger partial charge in [0, 0.05) is 110 Å². The van der Waals surface area contributed by atoms with Crippen LogP contribution in [0.1, 0.15) is 126 Å². The molecule has 0 saturated carbocycles. The summed E-state index contributed by atoms with van der Waals surface area (Å²) in [5.41, 5.74) is 12.0. The summed E-state index contributed by atoms with van der Waals surface area (Å²) in [6.07, 6.45) is 3.67. The molecule has 0 atom stereocenters. The molecule has 0 aliphatic carbocycles. The summed E-state index contributed by atoms with van der Waals surface area (Å²) in [7, 11) is 0. The summed E-state index contributed by atoms with van der Waals surface area (Å²) in [5, 5.41) is 14.6. The largest absolute Gasteiger partial charge is 0.491 e. The minimum atomic E-state index is -1.01. The molecule has 2 aliphatic rings. The summed E-state index contributed by atoms with van der Waals surface area (Å²) in [5.74, 6) is -0.518. The Hall–Kier alpha value is -8.38. The molecule has 22 nitrogen and oxygen atoms in total. The van der Waals surface area contributed by atoms with Crippen molar-refractivity contribution in [2.45, 2.75) is 133 Å². The molecule has 2 aliphatic heterocycles. The summed E-state index contributed by atoms with van der Waals surface area (Å²) in [6, 6.07) is 28.0. The van der Waals surface area contributed by atoms with Crippen molar-refractivity contribution in [3.8, 4) is 33.8 Å². The molecule has 0 unspecified atom stereocenters. The molecule has 8 rings (SSSR count). The second-order valence-corrected chi connectivity index (χ2v) is 24.9. The van der Waals surface area contributed by atoms with Gasteiger partial charge in [-0.3, -0.25) is 19.2 Å². The number of pyridine rings is 2. The monoisotopic (exact) mass is 1330 g/mol. The van der Waals surface area contributed by atoms with Crippen LogP contribution in [0.3, 0.4) is 0 Å². The fourth-order valence-corrected chi connectivity index (χ4v) is 11.8. The van der Waals surface area contributed by atoms with Crippen molar-refractivity contribution in [1.29, 1.82) is 0 Å². The Labute approximate surface area is 563 Å². The van der Waals surface area contributed by atoms with Crippen LogP contribution in [0.4, 0.5) is 11.4 Å². The van der Waals surface area contributed by atoms with Gasteiger partial charge in [0.25, 0.3) is 22.9 Å². The smallest absolute Gasteiger partial charge is 0.332 e. The van der Waals surface area contributed by atoms with E-state index >= 15 is 0 Å². The van der Waals surface area contributed by atoms with Crippen LogP contribution in [0, 0.1) is 41.5 Å². The number of aromatic amines is 2. The van der Waals surface area contributed by atoms with Gasteiger partial charge in [0.1, 0.15) is 43.5 Å². The van der Waals surface area contributed by atoms with Crippen LogP contribution in [-0.4, -0.2) is 162 Å². The molecule has 0 spiro atoms. The van der Waals surface area contributed by atoms with Gasteiger partial charge in [-0.05, 0) is 207 Å². The normalized spacial score (nSPS) is 13.5. The van der Waals surface area contributed by atoms with E-state index in [2.05, 4.69) is 56.4 Å². The van der Waals surface area contributed by atoms with E-state index in [0.29, 0.717) is 105 Å². The van der Waals surface area contributed by atoms with Gasteiger partial charge in [-0.2, -0.15) is 0 Å². The zero-order chi connectivity index (χ0) is 69.3. The first-order valence-electron chi connectivity index (χ1n) is 33.2. The first kappa shape index (κ1) is 75.0. The summed E-state index contributed by atoms with van der Waals surface area (Å²) < 4.78 is 49.4. The minimum Gasteiger partial charge on any atom is -0.491 e. The van der Waals surface area contributed by atoms with Crippen LogP contribution >= 0.6 is 0 Å². The van der Waals surface area contributed by atoms with Crippen molar-refractivity contribution in [1.82, 2.24) is 20.6 Å². The molecule has 4 heterocycles. The number of rotatable bonds is 32. The highest BCUT2D eigenvalue weighted by atomic mass is 16.6. The molecular formula is C74H98N6O16. The molecule has 4 aromatic carbocycles. The standard InChI is InChI=1S/C39H53N3O8.C35H45N3O8/c1-8-42(31-13-15-46-16-14-31)35-23-30(22-33(28(35)4)37(44)40-24-34-26(2)21-27(3)41-38(34)45)29-9-11-32(12-10-29)49-20-19-47-17-18-48-25-36(43)50-39(5,6)7;1-5-38(28-10-12-43-13-11-28)32-20-27(26-6-8-29(9-7-26)46-17-16-44-14-15-45-22-33(39)40)19-30(25(32)4)34(41)36-21-31-23(2)18-24(3)37-35(31)42/h9-12,21-23,31H,8,13-20,24-25H2,1-7H3,(H,40,44)(H,41,45);6-9,18-20,28H,5,10-17,21-22H2,1-4H3,(H,36,41)(H,37,42)(H,39,40). The third kappa shape index (κ3) is 22.6. The van der Waals surface area contributed by atoms with E-state index < -0.39 is 17.5 Å². The Bertz CT molecular complexity index is 3640. The number of benzene rings is 4. The van der Waals surface area contributed by atoms with Crippen LogP contribution in [0.2, 0.25) is 0 Å². The van der Waals surface area contributed by atoms with Crippen LogP contribution in [0.5, 0.6) is 11.5 Å². The number of hydrogen-bond donors (Lipinski definition) is 5. The van der Waals surface area contributed by atoms with Gasteiger partial charge >= 0.3 is 11.9 Å². The molecule has 2 saturated heterocycles. The van der Waals surface area contributed by atoms with E-state index in [0.717, 1.165) is 106 Å². The average Bonchev–Trinajstić information content (AvgIpc) is 0.792. The van der Waals surface area contributed by atoms with E-state index in [1.807, 2.05) is 135 Å². The van der Waals surface area contributed by atoms with Gasteiger partial charge < -0.3 is 78.1 Å². The van der Waals surface area contributed by atoms with Crippen molar-refractivity contribution in [3.63, 3.8) is 0 Å². The summed E-state index contributed by atoms with van der Waals surface area (Å²) in [6.45, 7) is 27.8. The van der Waals surface area contributed by atoms with Gasteiger partial charge in [0.05, 0.1) is 39.6 Å². The number of anilines is 2. The molecular weight excluding hydrogens is 1230 g/mol. The van der Waals surface area contributed by atoms with Crippen molar-refractivity contribution >= 4 is 35.1 Å². The zero-order valence-corrected chi connectivity index (χ0v) is 57.8. The molecule has 5 N–H and O–H groups in total. The number of carbonyl (C=O) groups excluding carboxylic acids is 3. The van der Waals surface area contributed by atoms with Crippen molar-refractivity contribution < 1.29 is 66.9 Å². The maximum Gasteiger partial charge on any atom is 0.332 e. The molecule has 520 valence electrons. The second kappa shape index (κ2) is 37.2. The average molecular weight is 1330 g/mol. The highest BCUT2D eigenvalue weighted by Crippen LogP contribution is 2.37. The third-order valence-corrected chi connectivity index (χ3v) is 16.6. The number of carboxylic acids is 1. The number of carboxylic acid groups (broad SMARTS) is 1. The maximum absolute atomic E-state index is 13.8. The number of esters is 1. The van der Waals surface area contributed by atoms with Gasteiger partial charge in [0.15, 0.2) is 0 Å². The van der Waals surface area contributed by atoms with Crippen LogP contribution in [0.25, 0.3) is 22.3 Å². The topological polar surface area (TPSA) is 268 Å². The number of aromatic nitrogens is 2. The van der Waals surface area contributed by atoms with E-state index in [1.165, 1.54) is 0 Å². The highest BCUT2D eigenvalue weighted by Gasteiger charge is 2.28. The Balaban J connectivity index is 0.000000272. The lowest BCUT2D eigenvalue weighted by atomic mass is 9.95. The predicted molar refractivity (Wildman–Crippen MR) is 370 cm³/mol. The van der Waals surface area contributed by atoms with Crippen LogP contribution in [-0.2, 0) is 55.8 Å². The van der Waals surface area contributed by atoms with E-state index in [1.54, 1.807) is 0 Å². The summed E-state index contributed by atoms with van der Waals surface area (Å²) in [4.78, 5) is 85.4. The number of ether oxygens (including phenoxy) is 9. The first-order chi connectivity index (χ1) is 46.0. The molecule has 0 radical (unpaired) electrons. The lowest BCUT2D eigenvalue weighted by Crippen LogP contribution is -2.40. The number of aryl methyl sites for hydroxylation is 4. The molecule has 96 heavy (non-hydrogen) atoms. The second-order valence-electron chi connectivity index (χ2n) is 24.9. The predicted octanol–water partition coefficient (Wildman–Crippen LogP) is 10.1. The van der Waals surface area contributed by atoms with E-state index in [4.69, 9.17) is 47.7 Å². The SMILES string of the molecule is CCN(c1cc(-c2ccc(OCCOCCOCC(=O)O)cc2)cc(C(=O)NCc2c(C)cc(C)[nH]c2=O)c1C)C1CCOCC1.CCN(c1cc(-c2ccc(OCCOCCOCC(=O)OC(C)(C)C)cc2)cc(C(=O)NCc2c(C)cc(C)[nH]c2=O)c1C)C1CCOCC1. The molecule has 6 aromatic rings. The quantitative estimate of drug-likeness (QED) is 0.0194. The van der Waals surface area contributed by atoms with Crippen molar-refractivity contribution in [2.24, 2.45) is 0 Å². The lowest BCUT2D eigenvalue weighted by molar-refractivity contribution is -0.160. The minimum absolute atomic E-state index is 0.113. The van der Waals surface area contributed by atoms with Gasteiger partial charge in [-0.1, -0.05) is 24.3 Å². The number of H-pyrrole nitrogens is 2. The molecule has 22 heteroatoms. The number of amides is 2. The number of carbonyl (C=O) groups is 4. The fraction of sp³-hybridized carbons (Fsp3) is 0.486. The van der Waals surface area contributed by atoms with Crippen molar-refractivity contribution in [2.75, 3.05) is 115 Å². The van der Waals surface area contributed by atoms with Crippen molar-refractivity contribution in [3.05, 3.63) is 162 Å². The number of aliphatic carboxylic acids is 1. The van der Waals surface area contributed by atoms with E-state index in [9.17, 15) is 28.8 Å². The fourth-order valence-electron chi connectivity index (χ4n) is 11.8. The molecule has 2 fully saturated rings. The van der Waals surface area contributed by atoms with E-state index in [-0.39, 0.29) is 69.1 Å². The maximum atomic E-state index is 13.8. The summed E-state index contributed by atoms with van der Waals surface area (Å²) >= 11 is 0. The van der Waals surface area contributed by atoms with Gasteiger partial charge in [-0.15, -0.1) is 0 Å². The Kier molecular flexibility index (Phi) is 29.1. The Morgan fingerprint density at radius 1 is 0.521 bits per heavy atom. The Morgan fingerprint density at radius 3 is 1.26 bits per heavy atom. The zero-order valence-electron chi connectivity index (χ0n) is 57.8. The van der Waals surface area contributed by atoms with Gasteiger partial charge in [0.2, 0.25) is 0 Å². The lowest BCUT2D eigenvalue weighted by Gasteiger charge is -2.37. The van der Waals surface area contributed by atoms with Gasteiger partial charge in [-0.25, -0.2) is 9.59 Å². The molecule has 2 aromatic heterocycles. The number of nitrogens with one attached hydrogen (secondary N) is 4. The number of hydrogen-bond acceptors (Lipinski definition) is 17. The Morgan fingerprint density at radius 2 is 0.896 bits per heavy atom. The first-order valence-corrected chi connectivity index (χ1v) is 33.2. The van der Waals surface area contributed by atoms with Crippen LogP contribution in [0.15, 0.2) is 94.5 Å².